The van der Waals surface area contributed by atoms with Crippen LogP contribution in [-0.2, 0) is 23.0 Å². The Morgan fingerprint density at radius 3 is 1.79 bits per heavy atom. The summed E-state index contributed by atoms with van der Waals surface area (Å²) in [5, 5.41) is -1.04. The number of ether oxygens (including phenoxy) is 1. The SMILES string of the molecule is CCCCCCCCCc1ccc(OCC(C)S(=O)(=O)[O-])c(CCCCCCCCC)c1.[Na+]. The van der Waals surface area contributed by atoms with E-state index in [1.165, 1.54) is 96.0 Å². The average Bonchev–Trinajstić information content (AvgIpc) is 2.76. The Labute approximate surface area is 226 Å². The molecule has 6 heteroatoms. The summed E-state index contributed by atoms with van der Waals surface area (Å²) in [4.78, 5) is 0. The van der Waals surface area contributed by atoms with Crippen LogP contribution in [0.2, 0.25) is 0 Å². The molecule has 0 bridgehead atoms. The molecule has 1 rings (SSSR count). The van der Waals surface area contributed by atoms with Crippen molar-refractivity contribution >= 4 is 10.1 Å². The number of aryl methyl sites for hydroxylation is 2. The third-order valence-electron chi connectivity index (χ3n) is 6.21. The average molecular weight is 491 g/mol. The fourth-order valence-electron chi connectivity index (χ4n) is 3.97. The maximum Gasteiger partial charge on any atom is 1.00 e. The molecular formula is C27H47NaO4S. The molecule has 33 heavy (non-hydrogen) atoms. The van der Waals surface area contributed by atoms with E-state index < -0.39 is 15.4 Å². The molecule has 0 aliphatic rings. The van der Waals surface area contributed by atoms with Gasteiger partial charge in [-0.3, -0.25) is 0 Å². The Morgan fingerprint density at radius 1 is 0.788 bits per heavy atom. The predicted molar refractivity (Wildman–Crippen MR) is 134 cm³/mol. The first-order chi connectivity index (χ1) is 15.4. The Bertz CT molecular complexity index is 706. The van der Waals surface area contributed by atoms with Crippen molar-refractivity contribution < 1.29 is 47.3 Å². The van der Waals surface area contributed by atoms with Gasteiger partial charge in [-0.25, -0.2) is 8.42 Å². The third kappa shape index (κ3) is 16.3. The number of benzene rings is 1. The standard InChI is InChI=1S/C27H48O4S.Na/c1-4-6-8-10-12-14-16-18-25-20-21-27(31-23-24(3)32(28,29)30)26(22-25)19-17-15-13-11-9-7-5-2;/h20-22,24H,4-19,23H2,1-3H3,(H,28,29,30);/q;+1/p-1. The first-order valence-electron chi connectivity index (χ1n) is 13.1. The number of hydrogen-bond donors (Lipinski definition) is 0. The Balaban J connectivity index is 0.0000102. The second-order valence-corrected chi connectivity index (χ2v) is 11.1. The van der Waals surface area contributed by atoms with Crippen LogP contribution in [0.4, 0.5) is 0 Å². The minimum Gasteiger partial charge on any atom is -0.748 e. The molecule has 0 saturated carbocycles. The summed E-state index contributed by atoms with van der Waals surface area (Å²) in [5.41, 5.74) is 2.47. The molecule has 1 atom stereocenters. The summed E-state index contributed by atoms with van der Waals surface area (Å²) in [6.45, 7) is 5.80. The van der Waals surface area contributed by atoms with Crippen molar-refractivity contribution in [2.75, 3.05) is 6.61 Å². The molecule has 1 unspecified atom stereocenters. The van der Waals surface area contributed by atoms with E-state index in [4.69, 9.17) is 4.74 Å². The van der Waals surface area contributed by atoms with Crippen LogP contribution in [0, 0.1) is 0 Å². The summed E-state index contributed by atoms with van der Waals surface area (Å²) >= 11 is 0. The van der Waals surface area contributed by atoms with Gasteiger partial charge in [-0.15, -0.1) is 0 Å². The molecule has 1 aromatic rings. The van der Waals surface area contributed by atoms with Gasteiger partial charge in [-0.05, 0) is 49.8 Å². The molecule has 0 saturated heterocycles. The normalized spacial score (nSPS) is 12.4. The van der Waals surface area contributed by atoms with Gasteiger partial charge >= 0.3 is 29.6 Å². The fraction of sp³-hybridized carbons (Fsp3) is 0.778. The van der Waals surface area contributed by atoms with Gasteiger partial charge in [-0.2, -0.15) is 0 Å². The molecule has 0 fully saturated rings. The van der Waals surface area contributed by atoms with Crippen LogP contribution >= 0.6 is 0 Å². The van der Waals surface area contributed by atoms with E-state index in [1.54, 1.807) is 0 Å². The maximum absolute atomic E-state index is 11.2. The zero-order valence-corrected chi connectivity index (χ0v) is 24.7. The third-order valence-corrected chi connectivity index (χ3v) is 7.33. The smallest absolute Gasteiger partial charge is 0.748 e. The molecule has 0 N–H and O–H groups in total. The van der Waals surface area contributed by atoms with Crippen LogP contribution in [0.5, 0.6) is 5.75 Å². The minimum atomic E-state index is -4.32. The molecule has 0 aromatic heterocycles. The summed E-state index contributed by atoms with van der Waals surface area (Å²) < 4.78 is 39.4. The van der Waals surface area contributed by atoms with Crippen molar-refractivity contribution in [2.24, 2.45) is 0 Å². The molecule has 0 aliphatic heterocycles. The van der Waals surface area contributed by atoms with Crippen LogP contribution in [-0.4, -0.2) is 24.8 Å². The largest absolute Gasteiger partial charge is 1.00 e. The number of hydrogen-bond acceptors (Lipinski definition) is 4. The monoisotopic (exact) mass is 490 g/mol. The number of unbranched alkanes of at least 4 members (excludes halogenated alkanes) is 12. The summed E-state index contributed by atoms with van der Waals surface area (Å²) in [6, 6.07) is 6.30. The van der Waals surface area contributed by atoms with Crippen molar-refractivity contribution in [1.82, 2.24) is 0 Å². The molecule has 186 valence electrons. The van der Waals surface area contributed by atoms with Gasteiger partial charge in [0.05, 0.1) is 5.25 Å². The first kappa shape index (κ1) is 32.9. The molecule has 0 heterocycles. The van der Waals surface area contributed by atoms with E-state index in [0.717, 1.165) is 30.6 Å². The molecule has 0 spiro atoms. The van der Waals surface area contributed by atoms with Gasteiger partial charge in [0, 0.05) is 0 Å². The molecule has 1 aromatic carbocycles. The fourth-order valence-corrected chi connectivity index (χ4v) is 4.21. The molecule has 0 radical (unpaired) electrons. The Hall–Kier alpha value is -0.0700. The number of rotatable bonds is 20. The zero-order valence-electron chi connectivity index (χ0n) is 21.9. The van der Waals surface area contributed by atoms with Crippen molar-refractivity contribution in [3.63, 3.8) is 0 Å². The van der Waals surface area contributed by atoms with Crippen molar-refractivity contribution in [3.05, 3.63) is 29.3 Å². The molecular weight excluding hydrogens is 443 g/mol. The zero-order chi connectivity index (χ0) is 23.7. The van der Waals surface area contributed by atoms with E-state index in [0.29, 0.717) is 0 Å². The van der Waals surface area contributed by atoms with Gasteiger partial charge in [0.15, 0.2) is 0 Å². The van der Waals surface area contributed by atoms with Crippen molar-refractivity contribution in [3.8, 4) is 5.75 Å². The second-order valence-electron chi connectivity index (χ2n) is 9.30. The topological polar surface area (TPSA) is 66.4 Å². The Morgan fingerprint density at radius 2 is 1.27 bits per heavy atom. The van der Waals surface area contributed by atoms with Crippen molar-refractivity contribution in [1.29, 1.82) is 0 Å². The van der Waals surface area contributed by atoms with Crippen molar-refractivity contribution in [2.45, 2.75) is 129 Å². The van der Waals surface area contributed by atoms with Crippen LogP contribution in [0.25, 0.3) is 0 Å². The predicted octanol–water partition coefficient (Wildman–Crippen LogP) is 4.59. The Kier molecular flexibility index (Phi) is 20.1. The van der Waals surface area contributed by atoms with Crippen LogP contribution < -0.4 is 34.3 Å². The van der Waals surface area contributed by atoms with E-state index >= 15 is 0 Å². The minimum absolute atomic E-state index is 0. The van der Waals surface area contributed by atoms with E-state index in [1.807, 2.05) is 6.07 Å². The summed E-state index contributed by atoms with van der Waals surface area (Å²) in [7, 11) is -4.32. The van der Waals surface area contributed by atoms with E-state index in [2.05, 4.69) is 26.0 Å². The summed E-state index contributed by atoms with van der Waals surface area (Å²) in [6.07, 6.45) is 19.9. The first-order valence-corrected chi connectivity index (χ1v) is 14.5. The maximum atomic E-state index is 11.2. The van der Waals surface area contributed by atoms with Crippen LogP contribution in [0.15, 0.2) is 18.2 Å². The van der Waals surface area contributed by atoms with Gasteiger partial charge in [0.2, 0.25) is 0 Å². The van der Waals surface area contributed by atoms with Crippen LogP contribution in [0.3, 0.4) is 0 Å². The second kappa shape index (κ2) is 20.2. The van der Waals surface area contributed by atoms with Gasteiger partial charge in [-0.1, -0.05) is 103 Å². The van der Waals surface area contributed by atoms with E-state index in [-0.39, 0.29) is 36.2 Å². The molecule has 4 nitrogen and oxygen atoms in total. The quantitative estimate of drug-likeness (QED) is 0.152. The van der Waals surface area contributed by atoms with Crippen LogP contribution in [0.1, 0.15) is 122 Å². The molecule has 0 aliphatic carbocycles. The van der Waals surface area contributed by atoms with Gasteiger partial charge in [0.25, 0.3) is 0 Å². The van der Waals surface area contributed by atoms with Gasteiger partial charge < -0.3 is 9.29 Å². The van der Waals surface area contributed by atoms with E-state index in [9.17, 15) is 13.0 Å². The molecule has 0 amide bonds. The van der Waals surface area contributed by atoms with Gasteiger partial charge in [0.1, 0.15) is 22.5 Å². The summed E-state index contributed by atoms with van der Waals surface area (Å²) in [5.74, 6) is 0.731.